The molecule has 2 N–H and O–H groups in total. The molecular formula is C7H8N2O4S. The minimum Gasteiger partial charge on any atom is -0.371 e. The molecule has 0 aromatic rings. The standard InChI is InChI=1S/C7H8N2O4S/c8-9-6-3-1-2-5(4-6)7(10)14(11,12)13/h1-2,4,7,10H,3H2,(H,11,12,13). The summed E-state index contributed by atoms with van der Waals surface area (Å²) in [6.45, 7) is 0. The molecule has 1 unspecified atom stereocenters. The number of aliphatic hydroxyl groups excluding tert-OH is 1. The predicted molar refractivity (Wildman–Crippen MR) is 48.0 cm³/mol. The van der Waals surface area contributed by atoms with Crippen molar-refractivity contribution in [2.24, 2.45) is 0 Å². The van der Waals surface area contributed by atoms with Crippen LogP contribution in [0.5, 0.6) is 0 Å². The third kappa shape index (κ3) is 2.36. The third-order valence-corrected chi connectivity index (χ3v) is 2.50. The lowest BCUT2D eigenvalue weighted by Crippen LogP contribution is -2.23. The summed E-state index contributed by atoms with van der Waals surface area (Å²) in [4.78, 5) is 2.86. The van der Waals surface area contributed by atoms with Crippen molar-refractivity contribution >= 4 is 15.8 Å². The summed E-state index contributed by atoms with van der Waals surface area (Å²) < 4.78 is 29.7. The van der Waals surface area contributed by atoms with Crippen molar-refractivity contribution in [3.63, 3.8) is 0 Å². The average molecular weight is 216 g/mol. The van der Waals surface area contributed by atoms with Crippen LogP contribution in [-0.2, 0) is 10.1 Å². The number of nitrogens with zero attached hydrogens (tertiary/aromatic N) is 2. The van der Waals surface area contributed by atoms with E-state index in [4.69, 9.17) is 15.2 Å². The maximum Gasteiger partial charge on any atom is 0.296 e. The highest BCUT2D eigenvalue weighted by atomic mass is 32.2. The van der Waals surface area contributed by atoms with E-state index in [2.05, 4.69) is 4.79 Å². The molecule has 0 fully saturated rings. The normalized spacial score (nSPS) is 18.7. The molecule has 0 amide bonds. The van der Waals surface area contributed by atoms with Crippen molar-refractivity contribution in [1.82, 2.24) is 0 Å². The second kappa shape index (κ2) is 3.85. The van der Waals surface area contributed by atoms with E-state index in [1.807, 2.05) is 0 Å². The van der Waals surface area contributed by atoms with Crippen molar-refractivity contribution in [2.75, 3.05) is 0 Å². The van der Waals surface area contributed by atoms with E-state index in [9.17, 15) is 8.42 Å². The Kier molecular flexibility index (Phi) is 2.97. The van der Waals surface area contributed by atoms with Crippen LogP contribution in [0.25, 0.3) is 5.53 Å². The molecule has 0 aliphatic heterocycles. The van der Waals surface area contributed by atoms with Gasteiger partial charge in [-0.25, -0.2) is 0 Å². The van der Waals surface area contributed by atoms with Gasteiger partial charge in [-0.2, -0.15) is 13.2 Å². The van der Waals surface area contributed by atoms with Gasteiger partial charge in [-0.3, -0.25) is 4.55 Å². The SMILES string of the molecule is [N-]=[N+]=C1C=C(C(O)S(=O)(=O)O)C=CC1. The fraction of sp³-hybridized carbons (Fsp3) is 0.286. The van der Waals surface area contributed by atoms with Crippen LogP contribution in [0.4, 0.5) is 0 Å². The molecule has 7 heteroatoms. The lowest BCUT2D eigenvalue weighted by molar-refractivity contribution is -0.00551. The second-order valence-corrected chi connectivity index (χ2v) is 4.19. The van der Waals surface area contributed by atoms with Gasteiger partial charge in [0.05, 0.1) is 6.42 Å². The van der Waals surface area contributed by atoms with Gasteiger partial charge in [0, 0.05) is 11.6 Å². The Balaban J connectivity index is 3.06. The van der Waals surface area contributed by atoms with E-state index in [0.29, 0.717) is 6.42 Å². The topological polar surface area (TPSA) is 111 Å². The quantitative estimate of drug-likeness (QED) is 0.376. The van der Waals surface area contributed by atoms with Gasteiger partial charge < -0.3 is 10.6 Å². The van der Waals surface area contributed by atoms with E-state index >= 15 is 0 Å². The first kappa shape index (κ1) is 10.8. The van der Waals surface area contributed by atoms with Gasteiger partial charge >= 0.3 is 0 Å². The van der Waals surface area contributed by atoms with Crippen LogP contribution in [-0.4, -0.2) is 34.0 Å². The molecule has 0 bridgehead atoms. The monoisotopic (exact) mass is 216 g/mol. The Morgan fingerprint density at radius 1 is 1.57 bits per heavy atom. The van der Waals surface area contributed by atoms with Crippen LogP contribution >= 0.6 is 0 Å². The molecule has 0 saturated carbocycles. The van der Waals surface area contributed by atoms with Gasteiger partial charge in [-0.1, -0.05) is 12.2 Å². The molecule has 0 aromatic carbocycles. The minimum atomic E-state index is -4.53. The minimum absolute atomic E-state index is 0.0356. The first-order valence-electron chi connectivity index (χ1n) is 3.68. The fourth-order valence-electron chi connectivity index (χ4n) is 1.01. The number of hydrogen-bond donors (Lipinski definition) is 2. The van der Waals surface area contributed by atoms with Gasteiger partial charge in [-0.15, -0.1) is 0 Å². The fourth-order valence-corrected chi connectivity index (χ4v) is 1.50. The Labute approximate surface area is 80.5 Å². The molecule has 0 aromatic heterocycles. The van der Waals surface area contributed by atoms with E-state index in [-0.39, 0.29) is 11.3 Å². The van der Waals surface area contributed by atoms with Crippen LogP contribution < -0.4 is 0 Å². The summed E-state index contributed by atoms with van der Waals surface area (Å²) in [7, 11) is -4.53. The summed E-state index contributed by atoms with van der Waals surface area (Å²) in [5.41, 5.74) is 6.58. The van der Waals surface area contributed by atoms with Gasteiger partial charge in [-0.05, 0) is 0 Å². The molecule has 14 heavy (non-hydrogen) atoms. The average Bonchev–Trinajstić information content (AvgIpc) is 2.15. The first-order valence-corrected chi connectivity index (χ1v) is 5.19. The summed E-state index contributed by atoms with van der Waals surface area (Å²) in [5.74, 6) is 0. The van der Waals surface area contributed by atoms with Crippen LogP contribution in [0.1, 0.15) is 6.42 Å². The maximum absolute atomic E-state index is 10.6. The van der Waals surface area contributed by atoms with Crippen molar-refractivity contribution in [3.05, 3.63) is 29.3 Å². The van der Waals surface area contributed by atoms with Crippen LogP contribution in [0, 0.1) is 0 Å². The van der Waals surface area contributed by atoms with Crippen molar-refractivity contribution in [3.8, 4) is 0 Å². The van der Waals surface area contributed by atoms with E-state index in [1.165, 1.54) is 18.2 Å². The van der Waals surface area contributed by atoms with E-state index in [1.54, 1.807) is 0 Å². The van der Waals surface area contributed by atoms with Crippen LogP contribution in [0.3, 0.4) is 0 Å². The van der Waals surface area contributed by atoms with E-state index in [0.717, 1.165) is 0 Å². The molecular weight excluding hydrogens is 208 g/mol. The molecule has 0 saturated heterocycles. The van der Waals surface area contributed by atoms with E-state index < -0.39 is 15.6 Å². The number of hydrogen-bond acceptors (Lipinski definition) is 3. The lowest BCUT2D eigenvalue weighted by Gasteiger charge is -2.09. The molecule has 0 heterocycles. The Hall–Kier alpha value is -1.27. The first-order chi connectivity index (χ1) is 6.45. The lowest BCUT2D eigenvalue weighted by atomic mass is 10.1. The zero-order valence-electron chi connectivity index (χ0n) is 7.03. The van der Waals surface area contributed by atoms with Gasteiger partial charge in [0.1, 0.15) is 0 Å². The molecule has 1 rings (SSSR count). The number of allylic oxidation sites excluding steroid dienone is 2. The second-order valence-electron chi connectivity index (χ2n) is 2.71. The zero-order chi connectivity index (χ0) is 10.8. The van der Waals surface area contributed by atoms with Gasteiger partial charge in [0.2, 0.25) is 5.44 Å². The Morgan fingerprint density at radius 3 is 2.71 bits per heavy atom. The number of rotatable bonds is 2. The Morgan fingerprint density at radius 2 is 2.21 bits per heavy atom. The summed E-state index contributed by atoms with van der Waals surface area (Å²) >= 11 is 0. The maximum atomic E-state index is 10.6. The summed E-state index contributed by atoms with van der Waals surface area (Å²) in [6.07, 6.45) is 4.39. The van der Waals surface area contributed by atoms with Crippen LogP contribution in [0.2, 0.25) is 0 Å². The van der Waals surface area contributed by atoms with Gasteiger partial charge in [0.15, 0.2) is 0 Å². The summed E-state index contributed by atoms with van der Waals surface area (Å²) in [6, 6.07) is 0. The molecule has 76 valence electrons. The van der Waals surface area contributed by atoms with Gasteiger partial charge in [0.25, 0.3) is 15.8 Å². The molecule has 0 radical (unpaired) electrons. The summed E-state index contributed by atoms with van der Waals surface area (Å²) in [5, 5.41) is 9.13. The molecule has 1 aliphatic carbocycles. The Bertz CT molecular complexity index is 442. The highest BCUT2D eigenvalue weighted by molar-refractivity contribution is 7.86. The van der Waals surface area contributed by atoms with Crippen molar-refractivity contribution < 1.29 is 22.9 Å². The zero-order valence-corrected chi connectivity index (χ0v) is 7.85. The highest BCUT2D eigenvalue weighted by Crippen LogP contribution is 2.14. The largest absolute Gasteiger partial charge is 0.371 e. The predicted octanol–water partition coefficient (Wildman–Crippen LogP) is -0.250. The van der Waals surface area contributed by atoms with Crippen molar-refractivity contribution in [2.45, 2.75) is 11.9 Å². The highest BCUT2D eigenvalue weighted by Gasteiger charge is 2.25. The molecule has 0 spiro atoms. The smallest absolute Gasteiger partial charge is 0.296 e. The molecule has 1 aliphatic rings. The van der Waals surface area contributed by atoms with Crippen LogP contribution in [0.15, 0.2) is 23.8 Å². The third-order valence-electron chi connectivity index (χ3n) is 1.67. The molecule has 6 nitrogen and oxygen atoms in total. The number of aliphatic hydroxyl groups is 1. The molecule has 1 atom stereocenters. The van der Waals surface area contributed by atoms with Crippen molar-refractivity contribution in [1.29, 1.82) is 0 Å².